The molecular weight excluding hydrogens is 424 g/mol. The second-order valence-electron chi connectivity index (χ2n) is 7.71. The molecule has 0 unspecified atom stereocenters. The number of nitro groups is 1. The lowest BCUT2D eigenvalue weighted by Gasteiger charge is -2.21. The van der Waals surface area contributed by atoms with Gasteiger partial charge in [-0.05, 0) is 29.9 Å². The number of fused-ring (bicyclic) bond motifs is 1. The van der Waals surface area contributed by atoms with Crippen molar-refractivity contribution in [2.24, 2.45) is 4.99 Å². The summed E-state index contributed by atoms with van der Waals surface area (Å²) >= 11 is 0. The lowest BCUT2D eigenvalue weighted by molar-refractivity contribution is -0.384. The molecule has 5 nitrogen and oxygen atoms in total. The van der Waals surface area contributed by atoms with Crippen LogP contribution in [0.1, 0.15) is 16.7 Å². The van der Waals surface area contributed by atoms with E-state index in [1.54, 1.807) is 12.1 Å². The Balaban J connectivity index is 1.68. The van der Waals surface area contributed by atoms with Gasteiger partial charge in [0.2, 0.25) is 0 Å². The number of nitro benzene ring substituents is 1. The molecule has 0 aromatic heterocycles. The van der Waals surface area contributed by atoms with Crippen molar-refractivity contribution in [3.8, 4) is 5.75 Å². The topological polar surface area (TPSA) is 64.7 Å². The van der Waals surface area contributed by atoms with Crippen LogP contribution in [0.4, 0.5) is 11.4 Å². The van der Waals surface area contributed by atoms with Crippen LogP contribution in [0.2, 0.25) is 0 Å². The molecule has 5 heteroatoms. The molecule has 1 heterocycles. The van der Waals surface area contributed by atoms with Crippen LogP contribution >= 0.6 is 0 Å². The van der Waals surface area contributed by atoms with Crippen molar-refractivity contribution in [2.45, 2.75) is 0 Å². The first-order valence-corrected chi connectivity index (χ1v) is 10.8. The molecule has 164 valence electrons. The van der Waals surface area contributed by atoms with Crippen molar-refractivity contribution in [3.05, 3.63) is 148 Å². The Morgan fingerprint density at radius 2 is 1.53 bits per heavy atom. The van der Waals surface area contributed by atoms with Crippen LogP contribution < -0.4 is 4.74 Å². The number of nitrogens with zero attached hydrogens (tertiary/aromatic N) is 2. The lowest BCUT2D eigenvalue weighted by atomic mass is 9.96. The molecule has 5 rings (SSSR count). The van der Waals surface area contributed by atoms with Crippen molar-refractivity contribution in [2.75, 3.05) is 0 Å². The SMILES string of the molecule is O=[N+]([O-])c1cccc(N=C(/C=C2\C=C(c3ccccc3)Oc3ccccc32)c2ccccc2)c1. The molecule has 4 aromatic rings. The van der Waals surface area contributed by atoms with E-state index in [0.717, 1.165) is 33.8 Å². The number of rotatable bonds is 5. The monoisotopic (exact) mass is 444 g/mol. The number of para-hydroxylation sites is 1. The predicted molar refractivity (Wildman–Crippen MR) is 135 cm³/mol. The summed E-state index contributed by atoms with van der Waals surface area (Å²) in [6.45, 7) is 0. The smallest absolute Gasteiger partial charge is 0.271 e. The van der Waals surface area contributed by atoms with Crippen LogP contribution in [0, 0.1) is 10.1 Å². The number of ether oxygens (including phenoxy) is 1. The number of hydrogen-bond donors (Lipinski definition) is 0. The fourth-order valence-corrected chi connectivity index (χ4v) is 3.78. The van der Waals surface area contributed by atoms with E-state index in [0.29, 0.717) is 11.4 Å². The summed E-state index contributed by atoms with van der Waals surface area (Å²) in [5, 5.41) is 11.3. The molecule has 0 saturated carbocycles. The Bertz CT molecular complexity index is 1440. The van der Waals surface area contributed by atoms with Gasteiger partial charge < -0.3 is 4.74 Å². The number of hydrogen-bond acceptors (Lipinski definition) is 4. The second-order valence-corrected chi connectivity index (χ2v) is 7.71. The van der Waals surface area contributed by atoms with Gasteiger partial charge in [-0.25, -0.2) is 4.99 Å². The minimum Gasteiger partial charge on any atom is -0.456 e. The molecule has 0 radical (unpaired) electrons. The zero-order valence-electron chi connectivity index (χ0n) is 18.2. The molecule has 0 aliphatic carbocycles. The molecule has 1 aliphatic rings. The van der Waals surface area contributed by atoms with E-state index in [1.807, 2.05) is 97.1 Å². The van der Waals surface area contributed by atoms with Crippen LogP contribution in [-0.4, -0.2) is 10.6 Å². The van der Waals surface area contributed by atoms with E-state index < -0.39 is 4.92 Å². The van der Waals surface area contributed by atoms with Crippen LogP contribution in [-0.2, 0) is 0 Å². The zero-order chi connectivity index (χ0) is 23.3. The Hall–Kier alpha value is -4.77. The molecule has 34 heavy (non-hydrogen) atoms. The van der Waals surface area contributed by atoms with Gasteiger partial charge in [-0.2, -0.15) is 0 Å². The highest BCUT2D eigenvalue weighted by Gasteiger charge is 2.18. The maximum Gasteiger partial charge on any atom is 0.271 e. The van der Waals surface area contributed by atoms with Gasteiger partial charge in [0.15, 0.2) is 0 Å². The fraction of sp³-hybridized carbons (Fsp3) is 0. The average molecular weight is 444 g/mol. The summed E-state index contributed by atoms with van der Waals surface area (Å²) in [4.78, 5) is 15.6. The van der Waals surface area contributed by atoms with Gasteiger partial charge in [0.25, 0.3) is 5.69 Å². The van der Waals surface area contributed by atoms with Crippen LogP contribution in [0.15, 0.2) is 126 Å². The molecule has 0 amide bonds. The Kier molecular flexibility index (Phi) is 5.82. The van der Waals surface area contributed by atoms with E-state index in [2.05, 4.69) is 0 Å². The zero-order valence-corrected chi connectivity index (χ0v) is 18.2. The van der Waals surface area contributed by atoms with Crippen molar-refractivity contribution in [3.63, 3.8) is 0 Å². The first-order valence-electron chi connectivity index (χ1n) is 10.8. The molecule has 0 spiro atoms. The van der Waals surface area contributed by atoms with Crippen molar-refractivity contribution < 1.29 is 9.66 Å². The van der Waals surface area contributed by atoms with Gasteiger partial charge in [0.1, 0.15) is 11.5 Å². The summed E-state index contributed by atoms with van der Waals surface area (Å²) in [6.07, 6.45) is 4.00. The van der Waals surface area contributed by atoms with E-state index in [1.165, 1.54) is 12.1 Å². The summed E-state index contributed by atoms with van der Waals surface area (Å²) in [5.41, 5.74) is 4.97. The highest BCUT2D eigenvalue weighted by atomic mass is 16.6. The Morgan fingerprint density at radius 3 is 2.29 bits per heavy atom. The highest BCUT2D eigenvalue weighted by Crippen LogP contribution is 2.37. The maximum atomic E-state index is 11.3. The van der Waals surface area contributed by atoms with Crippen LogP contribution in [0.25, 0.3) is 11.3 Å². The van der Waals surface area contributed by atoms with Crippen molar-refractivity contribution >= 4 is 28.4 Å². The normalized spacial score (nSPS) is 14.2. The third-order valence-electron chi connectivity index (χ3n) is 5.41. The standard InChI is InChI=1S/C29H20N2O3/c32-31(33)25-15-9-14-24(20-25)30-27(21-10-3-1-4-11-21)18-23-19-29(22-12-5-2-6-13-22)34-28-17-8-7-16-26(23)28/h1-20H/b23-18+,30-27?. The predicted octanol–water partition coefficient (Wildman–Crippen LogP) is 7.23. The van der Waals surface area contributed by atoms with Crippen LogP contribution in [0.3, 0.4) is 0 Å². The summed E-state index contributed by atoms with van der Waals surface area (Å²) in [7, 11) is 0. The van der Waals surface area contributed by atoms with E-state index in [9.17, 15) is 10.1 Å². The first-order chi connectivity index (χ1) is 16.7. The number of aliphatic imine (C=N–C) groups is 1. The van der Waals surface area contributed by atoms with Gasteiger partial charge in [-0.15, -0.1) is 0 Å². The van der Waals surface area contributed by atoms with E-state index in [-0.39, 0.29) is 5.69 Å². The molecule has 0 N–H and O–H groups in total. The Morgan fingerprint density at radius 1 is 0.824 bits per heavy atom. The quantitative estimate of drug-likeness (QED) is 0.185. The molecule has 0 bridgehead atoms. The minimum absolute atomic E-state index is 0.00369. The van der Waals surface area contributed by atoms with Gasteiger partial charge in [-0.3, -0.25) is 10.1 Å². The summed E-state index contributed by atoms with van der Waals surface area (Å²) in [5.74, 6) is 1.51. The molecule has 0 fully saturated rings. The molecule has 4 aromatic carbocycles. The molecular formula is C29H20N2O3. The van der Waals surface area contributed by atoms with Gasteiger partial charge in [0, 0.05) is 28.8 Å². The number of non-ortho nitro benzene ring substituents is 1. The lowest BCUT2D eigenvalue weighted by Crippen LogP contribution is -2.05. The molecule has 0 saturated heterocycles. The number of benzene rings is 4. The minimum atomic E-state index is -0.413. The molecule has 1 aliphatic heterocycles. The third kappa shape index (κ3) is 4.54. The van der Waals surface area contributed by atoms with Crippen molar-refractivity contribution in [1.82, 2.24) is 0 Å². The highest BCUT2D eigenvalue weighted by molar-refractivity contribution is 6.15. The summed E-state index contributed by atoms with van der Waals surface area (Å²) in [6, 6.07) is 33.9. The van der Waals surface area contributed by atoms with Crippen molar-refractivity contribution in [1.29, 1.82) is 0 Å². The number of allylic oxidation sites excluding steroid dienone is 3. The Labute approximate surface area is 197 Å². The maximum absolute atomic E-state index is 11.3. The van der Waals surface area contributed by atoms with Gasteiger partial charge in [0.05, 0.1) is 16.3 Å². The van der Waals surface area contributed by atoms with E-state index in [4.69, 9.17) is 9.73 Å². The van der Waals surface area contributed by atoms with E-state index >= 15 is 0 Å². The fourth-order valence-electron chi connectivity index (χ4n) is 3.78. The van der Waals surface area contributed by atoms with Gasteiger partial charge in [-0.1, -0.05) is 84.9 Å². The summed E-state index contributed by atoms with van der Waals surface area (Å²) < 4.78 is 6.20. The third-order valence-corrected chi connectivity index (χ3v) is 5.41. The average Bonchev–Trinajstić information content (AvgIpc) is 2.89. The van der Waals surface area contributed by atoms with Crippen LogP contribution in [0.5, 0.6) is 5.75 Å². The van der Waals surface area contributed by atoms with Gasteiger partial charge >= 0.3 is 0 Å². The first kappa shape index (κ1) is 21.1. The largest absolute Gasteiger partial charge is 0.456 e. The second kappa shape index (κ2) is 9.38. The molecule has 0 atom stereocenters.